The van der Waals surface area contributed by atoms with Crippen molar-refractivity contribution in [3.63, 3.8) is 0 Å². The molecule has 0 heterocycles. The van der Waals surface area contributed by atoms with Gasteiger partial charge in [0.1, 0.15) is 6.04 Å². The first-order valence-corrected chi connectivity index (χ1v) is 9.62. The minimum absolute atomic E-state index is 0.279. The highest BCUT2D eigenvalue weighted by Gasteiger charge is 2.29. The van der Waals surface area contributed by atoms with Crippen LogP contribution >= 0.6 is 0 Å². The molecule has 26 heavy (non-hydrogen) atoms. The SMILES string of the molecule is COC(=O)c1cccc(NC(=O)[C@@H](C)N(c2ccccc2)S(C)(=O)=O)c1. The average molecular weight is 376 g/mol. The van der Waals surface area contributed by atoms with Crippen molar-refractivity contribution in [1.82, 2.24) is 0 Å². The second-order valence-corrected chi connectivity index (χ2v) is 7.49. The van der Waals surface area contributed by atoms with Gasteiger partial charge in [0.2, 0.25) is 15.9 Å². The number of para-hydroxylation sites is 1. The summed E-state index contributed by atoms with van der Waals surface area (Å²) in [5.41, 5.74) is 1.04. The second-order valence-electron chi connectivity index (χ2n) is 5.63. The van der Waals surface area contributed by atoms with Gasteiger partial charge in [-0.3, -0.25) is 9.10 Å². The van der Waals surface area contributed by atoms with Crippen molar-refractivity contribution >= 4 is 33.3 Å². The number of anilines is 2. The number of carbonyl (C=O) groups excluding carboxylic acids is 2. The molecular formula is C18H20N2O5S. The van der Waals surface area contributed by atoms with Crippen LogP contribution in [0.3, 0.4) is 0 Å². The molecule has 1 N–H and O–H groups in total. The van der Waals surface area contributed by atoms with Crippen LogP contribution in [0, 0.1) is 0 Å². The van der Waals surface area contributed by atoms with Gasteiger partial charge in [-0.05, 0) is 37.3 Å². The summed E-state index contributed by atoms with van der Waals surface area (Å²) in [4.78, 5) is 24.2. The van der Waals surface area contributed by atoms with E-state index in [0.717, 1.165) is 10.6 Å². The Labute approximate surface area is 152 Å². The van der Waals surface area contributed by atoms with Crippen molar-refractivity contribution < 1.29 is 22.7 Å². The lowest BCUT2D eigenvalue weighted by Crippen LogP contribution is -2.45. The predicted molar refractivity (Wildman–Crippen MR) is 99.6 cm³/mol. The molecule has 0 aliphatic carbocycles. The zero-order valence-electron chi connectivity index (χ0n) is 14.7. The number of sulfonamides is 1. The molecule has 2 rings (SSSR count). The van der Waals surface area contributed by atoms with Gasteiger partial charge < -0.3 is 10.1 Å². The molecule has 1 atom stereocenters. The molecule has 2 aromatic carbocycles. The highest BCUT2D eigenvalue weighted by Crippen LogP contribution is 2.21. The van der Waals surface area contributed by atoms with Gasteiger partial charge in [0.05, 0.1) is 24.6 Å². The Kier molecular flexibility index (Phi) is 5.99. The van der Waals surface area contributed by atoms with E-state index in [1.807, 2.05) is 0 Å². The fourth-order valence-corrected chi connectivity index (χ4v) is 3.65. The van der Waals surface area contributed by atoms with E-state index in [1.54, 1.807) is 48.5 Å². The fourth-order valence-electron chi connectivity index (χ4n) is 2.47. The molecule has 0 aliphatic rings. The van der Waals surface area contributed by atoms with Gasteiger partial charge in [0, 0.05) is 5.69 Å². The molecule has 0 saturated heterocycles. The Morgan fingerprint density at radius 1 is 1.08 bits per heavy atom. The van der Waals surface area contributed by atoms with E-state index < -0.39 is 27.9 Å². The van der Waals surface area contributed by atoms with Crippen LogP contribution < -0.4 is 9.62 Å². The number of esters is 1. The van der Waals surface area contributed by atoms with Gasteiger partial charge in [0.25, 0.3) is 0 Å². The van der Waals surface area contributed by atoms with Crippen molar-refractivity contribution in [2.75, 3.05) is 23.0 Å². The van der Waals surface area contributed by atoms with Crippen molar-refractivity contribution in [3.05, 3.63) is 60.2 Å². The van der Waals surface area contributed by atoms with E-state index in [1.165, 1.54) is 20.1 Å². The number of carbonyl (C=O) groups is 2. The molecule has 138 valence electrons. The molecular weight excluding hydrogens is 356 g/mol. The van der Waals surface area contributed by atoms with E-state index in [9.17, 15) is 18.0 Å². The molecule has 0 spiro atoms. The maximum absolute atomic E-state index is 12.6. The standard InChI is InChI=1S/C18H20N2O5S/c1-13(20(26(3,23)24)16-10-5-4-6-11-16)17(21)19-15-9-7-8-14(12-15)18(22)25-2/h4-13H,1-3H3,(H,19,21)/t13-/m1/s1. The van der Waals surface area contributed by atoms with E-state index in [0.29, 0.717) is 11.4 Å². The van der Waals surface area contributed by atoms with Crippen LogP contribution in [0.4, 0.5) is 11.4 Å². The van der Waals surface area contributed by atoms with Gasteiger partial charge in [-0.1, -0.05) is 24.3 Å². The number of amides is 1. The predicted octanol–water partition coefficient (Wildman–Crippen LogP) is 2.27. The molecule has 0 fully saturated rings. The summed E-state index contributed by atoms with van der Waals surface area (Å²) in [5, 5.41) is 2.63. The summed E-state index contributed by atoms with van der Waals surface area (Å²) in [7, 11) is -2.42. The summed E-state index contributed by atoms with van der Waals surface area (Å²) in [6.07, 6.45) is 1.04. The molecule has 0 bridgehead atoms. The van der Waals surface area contributed by atoms with Gasteiger partial charge in [-0.2, -0.15) is 0 Å². The van der Waals surface area contributed by atoms with Crippen LogP contribution in [0.1, 0.15) is 17.3 Å². The zero-order valence-corrected chi connectivity index (χ0v) is 15.5. The van der Waals surface area contributed by atoms with Crippen LogP contribution in [0.25, 0.3) is 0 Å². The lowest BCUT2D eigenvalue weighted by atomic mass is 10.2. The minimum atomic E-state index is -3.68. The Bertz CT molecular complexity index is 897. The molecule has 8 heteroatoms. The molecule has 0 saturated carbocycles. The number of nitrogens with zero attached hydrogens (tertiary/aromatic N) is 1. The number of hydrogen-bond acceptors (Lipinski definition) is 5. The first kappa shape index (κ1) is 19.5. The summed E-state index contributed by atoms with van der Waals surface area (Å²) in [6.45, 7) is 1.49. The number of hydrogen-bond donors (Lipinski definition) is 1. The van der Waals surface area contributed by atoms with Crippen molar-refractivity contribution in [1.29, 1.82) is 0 Å². The minimum Gasteiger partial charge on any atom is -0.465 e. The summed E-state index contributed by atoms with van der Waals surface area (Å²) >= 11 is 0. The van der Waals surface area contributed by atoms with Crippen LogP contribution in [0.2, 0.25) is 0 Å². The highest BCUT2D eigenvalue weighted by molar-refractivity contribution is 7.92. The van der Waals surface area contributed by atoms with Crippen molar-refractivity contribution in [2.45, 2.75) is 13.0 Å². The molecule has 2 aromatic rings. The molecule has 0 unspecified atom stereocenters. The number of methoxy groups -OCH3 is 1. The fraction of sp³-hybridized carbons (Fsp3) is 0.222. The van der Waals surface area contributed by atoms with E-state index in [-0.39, 0.29) is 5.56 Å². The Hall–Kier alpha value is -2.87. The van der Waals surface area contributed by atoms with Crippen molar-refractivity contribution in [3.8, 4) is 0 Å². The molecule has 1 amide bonds. The van der Waals surface area contributed by atoms with Gasteiger partial charge in [-0.25, -0.2) is 13.2 Å². The largest absolute Gasteiger partial charge is 0.465 e. The number of rotatable bonds is 6. The Morgan fingerprint density at radius 3 is 2.31 bits per heavy atom. The Balaban J connectivity index is 2.26. The van der Waals surface area contributed by atoms with Gasteiger partial charge in [0.15, 0.2) is 0 Å². The van der Waals surface area contributed by atoms with Crippen molar-refractivity contribution in [2.24, 2.45) is 0 Å². The Morgan fingerprint density at radius 2 is 1.73 bits per heavy atom. The number of ether oxygens (including phenoxy) is 1. The quantitative estimate of drug-likeness (QED) is 0.781. The average Bonchev–Trinajstić information content (AvgIpc) is 2.61. The normalized spacial score (nSPS) is 12.1. The number of benzene rings is 2. The topological polar surface area (TPSA) is 92.8 Å². The van der Waals surface area contributed by atoms with E-state index >= 15 is 0 Å². The van der Waals surface area contributed by atoms with Crippen LogP contribution in [0.15, 0.2) is 54.6 Å². The smallest absolute Gasteiger partial charge is 0.337 e. The second kappa shape index (κ2) is 8.01. The molecule has 7 nitrogen and oxygen atoms in total. The third kappa shape index (κ3) is 4.60. The highest BCUT2D eigenvalue weighted by atomic mass is 32.2. The van der Waals surface area contributed by atoms with Crippen LogP contribution in [0.5, 0.6) is 0 Å². The molecule has 0 aliphatic heterocycles. The zero-order chi connectivity index (χ0) is 19.3. The first-order valence-electron chi connectivity index (χ1n) is 7.77. The van der Waals surface area contributed by atoms with Gasteiger partial charge >= 0.3 is 5.97 Å². The number of nitrogens with one attached hydrogen (secondary N) is 1. The molecule has 0 radical (unpaired) electrons. The first-order chi connectivity index (χ1) is 12.2. The van der Waals surface area contributed by atoms with Gasteiger partial charge in [-0.15, -0.1) is 0 Å². The summed E-state index contributed by atoms with van der Waals surface area (Å²) in [6, 6.07) is 13.6. The van der Waals surface area contributed by atoms with Crippen LogP contribution in [-0.2, 0) is 19.6 Å². The monoisotopic (exact) mass is 376 g/mol. The van der Waals surface area contributed by atoms with E-state index in [2.05, 4.69) is 10.1 Å². The maximum Gasteiger partial charge on any atom is 0.337 e. The molecule has 0 aromatic heterocycles. The third-order valence-electron chi connectivity index (χ3n) is 3.65. The maximum atomic E-state index is 12.6. The lowest BCUT2D eigenvalue weighted by Gasteiger charge is -2.28. The summed E-state index contributed by atoms with van der Waals surface area (Å²) < 4.78 is 30.1. The third-order valence-corrected chi connectivity index (χ3v) is 4.89. The van der Waals surface area contributed by atoms with Crippen LogP contribution in [-0.4, -0.2) is 39.7 Å². The van der Waals surface area contributed by atoms with E-state index in [4.69, 9.17) is 0 Å². The summed E-state index contributed by atoms with van der Waals surface area (Å²) in [5.74, 6) is -1.06. The lowest BCUT2D eigenvalue weighted by molar-refractivity contribution is -0.116.